The maximum absolute atomic E-state index is 12.8. The Bertz CT molecular complexity index is 1010. The van der Waals surface area contributed by atoms with E-state index in [9.17, 15) is 4.79 Å². The number of aromatic nitrogens is 3. The number of carbonyl (C=O) groups excluding carboxylic acids is 1. The summed E-state index contributed by atoms with van der Waals surface area (Å²) >= 11 is 11.1. The first kappa shape index (κ1) is 21.9. The van der Waals surface area contributed by atoms with Crippen LogP contribution in [0.4, 0.5) is 5.69 Å². The van der Waals surface area contributed by atoms with Crippen LogP contribution in [0.25, 0.3) is 11.4 Å². The lowest BCUT2D eigenvalue weighted by molar-refractivity contribution is -0.115. The highest BCUT2D eigenvalue weighted by atomic mass is 79.9. The van der Waals surface area contributed by atoms with E-state index in [-0.39, 0.29) is 11.2 Å². The summed E-state index contributed by atoms with van der Waals surface area (Å²) in [7, 11) is 0. The van der Waals surface area contributed by atoms with Gasteiger partial charge in [0.1, 0.15) is 0 Å². The fourth-order valence-electron chi connectivity index (χ4n) is 2.81. The van der Waals surface area contributed by atoms with Crippen molar-refractivity contribution in [2.45, 2.75) is 44.1 Å². The predicted octanol–water partition coefficient (Wildman–Crippen LogP) is 6.20. The number of aryl methyl sites for hydroxylation is 1. The molecule has 0 fully saturated rings. The third-order valence-corrected chi connectivity index (χ3v) is 6.77. The van der Waals surface area contributed by atoms with Crippen molar-refractivity contribution in [3.05, 3.63) is 57.5 Å². The molecule has 2 aromatic carbocycles. The number of thioether (sulfide) groups is 1. The molecule has 1 unspecified atom stereocenters. The molecule has 1 heterocycles. The Hall–Kier alpha value is -1.83. The minimum Gasteiger partial charge on any atom is -0.325 e. The van der Waals surface area contributed by atoms with Gasteiger partial charge < -0.3 is 9.88 Å². The number of benzene rings is 2. The van der Waals surface area contributed by atoms with Gasteiger partial charge in [0, 0.05) is 27.3 Å². The van der Waals surface area contributed by atoms with E-state index in [1.807, 2.05) is 67.8 Å². The van der Waals surface area contributed by atoms with Gasteiger partial charge in [-0.15, -0.1) is 10.2 Å². The number of hydrogen-bond acceptors (Lipinski definition) is 4. The molecule has 0 aliphatic carbocycles. The van der Waals surface area contributed by atoms with Crippen molar-refractivity contribution >= 4 is 50.9 Å². The van der Waals surface area contributed by atoms with E-state index in [0.29, 0.717) is 18.0 Å². The monoisotopic (exact) mass is 492 g/mol. The van der Waals surface area contributed by atoms with Gasteiger partial charge in [-0.2, -0.15) is 0 Å². The van der Waals surface area contributed by atoms with Crippen molar-refractivity contribution in [3.63, 3.8) is 0 Å². The molecule has 29 heavy (non-hydrogen) atoms. The molecule has 3 aromatic rings. The Morgan fingerprint density at radius 3 is 2.55 bits per heavy atom. The molecule has 152 valence electrons. The molecule has 0 saturated heterocycles. The summed E-state index contributed by atoms with van der Waals surface area (Å²) in [5, 5.41) is 12.8. The van der Waals surface area contributed by atoms with Gasteiger partial charge in [-0.25, -0.2) is 0 Å². The minimum absolute atomic E-state index is 0.0506. The Kier molecular flexibility index (Phi) is 7.38. The molecule has 1 amide bonds. The highest BCUT2D eigenvalue weighted by molar-refractivity contribution is 9.10. The summed E-state index contributed by atoms with van der Waals surface area (Å²) in [5.74, 6) is 0.700. The number of nitrogens with zero attached hydrogens (tertiary/aromatic N) is 3. The summed E-state index contributed by atoms with van der Waals surface area (Å²) < 4.78 is 2.98. The Morgan fingerprint density at radius 2 is 1.93 bits per heavy atom. The van der Waals surface area contributed by atoms with Gasteiger partial charge in [0.15, 0.2) is 11.0 Å². The van der Waals surface area contributed by atoms with Crippen molar-refractivity contribution in [2.75, 3.05) is 5.32 Å². The van der Waals surface area contributed by atoms with Crippen LogP contribution >= 0.6 is 39.3 Å². The van der Waals surface area contributed by atoms with Crippen LogP contribution in [-0.4, -0.2) is 25.9 Å². The summed E-state index contributed by atoms with van der Waals surface area (Å²) in [4.78, 5) is 12.8. The van der Waals surface area contributed by atoms with Gasteiger partial charge in [0.2, 0.25) is 5.91 Å². The third-order valence-electron chi connectivity index (χ3n) is 4.49. The SMILES string of the molecule is CCC(Sc1nnc(-c2ccc(C)c(Cl)c2)n1CC)C(=O)Nc1ccc(Br)cc1. The van der Waals surface area contributed by atoms with E-state index in [0.717, 1.165) is 32.3 Å². The van der Waals surface area contributed by atoms with Crippen LogP contribution in [-0.2, 0) is 11.3 Å². The first-order valence-electron chi connectivity index (χ1n) is 9.35. The van der Waals surface area contributed by atoms with Gasteiger partial charge in [0.25, 0.3) is 0 Å². The lowest BCUT2D eigenvalue weighted by atomic mass is 10.1. The lowest BCUT2D eigenvalue weighted by Gasteiger charge is -2.15. The van der Waals surface area contributed by atoms with Gasteiger partial charge in [0.05, 0.1) is 5.25 Å². The van der Waals surface area contributed by atoms with Crippen LogP contribution in [0.3, 0.4) is 0 Å². The first-order chi connectivity index (χ1) is 13.9. The number of amides is 1. The summed E-state index contributed by atoms with van der Waals surface area (Å²) in [6, 6.07) is 13.4. The number of halogens is 2. The van der Waals surface area contributed by atoms with Crippen LogP contribution in [0.1, 0.15) is 25.8 Å². The zero-order chi connectivity index (χ0) is 21.0. The molecular weight excluding hydrogens is 472 g/mol. The van der Waals surface area contributed by atoms with E-state index >= 15 is 0 Å². The van der Waals surface area contributed by atoms with Crippen LogP contribution in [0.15, 0.2) is 52.1 Å². The van der Waals surface area contributed by atoms with Crippen LogP contribution in [0, 0.1) is 6.92 Å². The van der Waals surface area contributed by atoms with Crippen LogP contribution in [0.2, 0.25) is 5.02 Å². The fraction of sp³-hybridized carbons (Fsp3) is 0.286. The second-order valence-corrected chi connectivity index (χ2v) is 9.02. The highest BCUT2D eigenvalue weighted by Crippen LogP contribution is 2.30. The maximum Gasteiger partial charge on any atom is 0.237 e. The van der Waals surface area contributed by atoms with Crippen molar-refractivity contribution < 1.29 is 4.79 Å². The number of carbonyl (C=O) groups is 1. The average Bonchev–Trinajstić information content (AvgIpc) is 3.12. The minimum atomic E-state index is -0.275. The number of anilines is 1. The fourth-order valence-corrected chi connectivity index (χ4v) is 4.27. The van der Waals surface area contributed by atoms with Gasteiger partial charge >= 0.3 is 0 Å². The normalized spacial score (nSPS) is 12.0. The zero-order valence-corrected chi connectivity index (χ0v) is 19.6. The first-order valence-corrected chi connectivity index (χ1v) is 11.4. The molecule has 1 aromatic heterocycles. The molecule has 0 radical (unpaired) electrons. The van der Waals surface area contributed by atoms with Gasteiger partial charge in [-0.1, -0.05) is 58.3 Å². The molecule has 3 rings (SSSR count). The van der Waals surface area contributed by atoms with E-state index in [2.05, 4.69) is 31.4 Å². The molecular formula is C21H22BrClN4OS. The smallest absolute Gasteiger partial charge is 0.237 e. The number of rotatable bonds is 7. The molecule has 0 saturated carbocycles. The Labute approximate surface area is 188 Å². The average molecular weight is 494 g/mol. The second-order valence-electron chi connectivity index (χ2n) is 6.53. The van der Waals surface area contributed by atoms with Crippen LogP contribution in [0.5, 0.6) is 0 Å². The molecule has 5 nitrogen and oxygen atoms in total. The molecule has 1 atom stereocenters. The maximum atomic E-state index is 12.8. The van der Waals surface area contributed by atoms with Crippen molar-refractivity contribution in [3.8, 4) is 11.4 Å². The highest BCUT2D eigenvalue weighted by Gasteiger charge is 2.23. The van der Waals surface area contributed by atoms with E-state index < -0.39 is 0 Å². The molecule has 0 bridgehead atoms. The van der Waals surface area contributed by atoms with Crippen LogP contribution < -0.4 is 5.32 Å². The predicted molar refractivity (Wildman–Crippen MR) is 124 cm³/mol. The molecule has 8 heteroatoms. The summed E-state index contributed by atoms with van der Waals surface area (Å²) in [6.45, 7) is 6.69. The Morgan fingerprint density at radius 1 is 1.21 bits per heavy atom. The largest absolute Gasteiger partial charge is 0.325 e. The van der Waals surface area contributed by atoms with Gasteiger partial charge in [-0.05, 0) is 56.2 Å². The zero-order valence-electron chi connectivity index (χ0n) is 16.4. The standard InChI is InChI=1S/C21H22BrClN4OS/c1-4-18(20(28)24-16-10-8-15(22)9-11-16)29-21-26-25-19(27(21)5-2)14-7-6-13(3)17(23)12-14/h6-12,18H,4-5H2,1-3H3,(H,24,28). The summed E-state index contributed by atoms with van der Waals surface area (Å²) in [6.07, 6.45) is 0.676. The second kappa shape index (κ2) is 9.78. The van der Waals surface area contributed by atoms with Gasteiger partial charge in [-0.3, -0.25) is 4.79 Å². The molecule has 0 spiro atoms. The number of hydrogen-bond donors (Lipinski definition) is 1. The van der Waals surface area contributed by atoms with E-state index in [1.165, 1.54) is 11.8 Å². The van der Waals surface area contributed by atoms with Crippen molar-refractivity contribution in [1.29, 1.82) is 0 Å². The molecule has 0 aliphatic heterocycles. The molecule has 1 N–H and O–H groups in total. The van der Waals surface area contributed by atoms with Crippen molar-refractivity contribution in [2.24, 2.45) is 0 Å². The third kappa shape index (κ3) is 5.21. The summed E-state index contributed by atoms with van der Waals surface area (Å²) in [5.41, 5.74) is 2.70. The molecule has 0 aliphatic rings. The topological polar surface area (TPSA) is 59.8 Å². The van der Waals surface area contributed by atoms with Crippen molar-refractivity contribution in [1.82, 2.24) is 14.8 Å². The number of nitrogens with one attached hydrogen (secondary N) is 1. The van der Waals surface area contributed by atoms with E-state index in [4.69, 9.17) is 11.6 Å². The quantitative estimate of drug-likeness (QED) is 0.398. The van der Waals surface area contributed by atoms with E-state index in [1.54, 1.807) is 0 Å². The lowest BCUT2D eigenvalue weighted by Crippen LogP contribution is -2.25. The Balaban J connectivity index is 1.80.